The van der Waals surface area contributed by atoms with E-state index in [9.17, 15) is 25.3 Å². The number of nitrogens with zero attached hydrogens (tertiary/aromatic N) is 3. The molecule has 21 heavy (non-hydrogen) atoms. The summed E-state index contributed by atoms with van der Waals surface area (Å²) >= 11 is 0. The predicted molar refractivity (Wildman–Crippen MR) is 77.4 cm³/mol. The summed E-state index contributed by atoms with van der Waals surface area (Å²) in [5.74, 6) is 0. The third-order valence-corrected chi connectivity index (χ3v) is 3.10. The SMILES string of the molecule is CCC(O)(/C=N/Nc1ccc([N+](=O)[O-])cc1[N+](=O)[O-])CC. The van der Waals surface area contributed by atoms with Gasteiger partial charge >= 0.3 is 5.69 Å². The average molecular weight is 296 g/mol. The van der Waals surface area contributed by atoms with Crippen LogP contribution in [0.5, 0.6) is 0 Å². The van der Waals surface area contributed by atoms with E-state index in [1.165, 1.54) is 12.3 Å². The quantitative estimate of drug-likeness (QED) is 0.451. The highest BCUT2D eigenvalue weighted by Crippen LogP contribution is 2.28. The Kier molecular flexibility index (Phi) is 5.30. The van der Waals surface area contributed by atoms with Gasteiger partial charge in [0.1, 0.15) is 11.3 Å². The minimum Gasteiger partial charge on any atom is -0.384 e. The summed E-state index contributed by atoms with van der Waals surface area (Å²) in [6, 6.07) is 3.19. The molecule has 1 rings (SSSR count). The van der Waals surface area contributed by atoms with Crippen molar-refractivity contribution in [2.24, 2.45) is 5.10 Å². The molecule has 9 nitrogen and oxygen atoms in total. The molecule has 0 unspecified atom stereocenters. The Bertz CT molecular complexity index is 569. The van der Waals surface area contributed by atoms with Crippen LogP contribution in [0.25, 0.3) is 0 Å². The highest BCUT2D eigenvalue weighted by molar-refractivity contribution is 5.71. The maximum absolute atomic E-state index is 10.9. The minimum absolute atomic E-state index is 0.0106. The Morgan fingerprint density at radius 1 is 1.29 bits per heavy atom. The molecule has 0 saturated heterocycles. The minimum atomic E-state index is -1.09. The number of nitro groups is 2. The van der Waals surface area contributed by atoms with E-state index in [4.69, 9.17) is 0 Å². The van der Waals surface area contributed by atoms with E-state index >= 15 is 0 Å². The number of non-ortho nitro benzene ring substituents is 1. The Balaban J connectivity index is 3.01. The molecule has 2 N–H and O–H groups in total. The van der Waals surface area contributed by atoms with Crippen LogP contribution in [0.4, 0.5) is 17.1 Å². The van der Waals surface area contributed by atoms with E-state index in [1.54, 1.807) is 13.8 Å². The first kappa shape index (κ1) is 16.5. The second-order valence-electron chi connectivity index (χ2n) is 4.40. The molecule has 0 aromatic heterocycles. The van der Waals surface area contributed by atoms with Crippen LogP contribution >= 0.6 is 0 Å². The molecule has 1 aromatic carbocycles. The van der Waals surface area contributed by atoms with Crippen molar-refractivity contribution in [3.05, 3.63) is 38.4 Å². The lowest BCUT2D eigenvalue weighted by atomic mass is 10.00. The summed E-state index contributed by atoms with van der Waals surface area (Å²) in [5, 5.41) is 35.3. The predicted octanol–water partition coefficient (Wildman–Crippen LogP) is 2.45. The molecule has 0 fully saturated rings. The molecular formula is C12H16N4O5. The first-order valence-electron chi connectivity index (χ1n) is 6.28. The second-order valence-corrected chi connectivity index (χ2v) is 4.40. The van der Waals surface area contributed by atoms with Gasteiger partial charge in [0.05, 0.1) is 22.1 Å². The third kappa shape index (κ3) is 4.21. The van der Waals surface area contributed by atoms with Crippen molar-refractivity contribution in [2.75, 3.05) is 5.43 Å². The number of rotatable bonds is 7. The molecular weight excluding hydrogens is 280 g/mol. The van der Waals surface area contributed by atoms with E-state index in [-0.39, 0.29) is 11.4 Å². The van der Waals surface area contributed by atoms with Gasteiger partial charge in [0, 0.05) is 6.07 Å². The molecule has 1 aromatic rings. The number of hydrogen-bond acceptors (Lipinski definition) is 7. The Labute approximate surface area is 120 Å². The van der Waals surface area contributed by atoms with Gasteiger partial charge in [-0.05, 0) is 18.9 Å². The molecule has 0 spiro atoms. The van der Waals surface area contributed by atoms with Gasteiger partial charge in [-0.2, -0.15) is 5.10 Å². The molecule has 0 saturated carbocycles. The fourth-order valence-corrected chi connectivity index (χ4v) is 1.53. The molecule has 0 amide bonds. The van der Waals surface area contributed by atoms with Crippen molar-refractivity contribution in [2.45, 2.75) is 32.3 Å². The molecule has 0 heterocycles. The van der Waals surface area contributed by atoms with Crippen LogP contribution in [0.1, 0.15) is 26.7 Å². The van der Waals surface area contributed by atoms with Crippen LogP contribution in [-0.2, 0) is 0 Å². The number of anilines is 1. The van der Waals surface area contributed by atoms with Gasteiger partial charge in [-0.1, -0.05) is 13.8 Å². The molecule has 0 aliphatic heterocycles. The van der Waals surface area contributed by atoms with Gasteiger partial charge in [-0.15, -0.1) is 0 Å². The highest BCUT2D eigenvalue weighted by atomic mass is 16.6. The summed E-state index contributed by atoms with van der Waals surface area (Å²) in [5.41, 5.74) is 0.506. The number of nitrogens with one attached hydrogen (secondary N) is 1. The molecule has 0 atom stereocenters. The number of hydrazone groups is 1. The highest BCUT2D eigenvalue weighted by Gasteiger charge is 2.21. The monoisotopic (exact) mass is 296 g/mol. The standard InChI is InChI=1S/C12H16N4O5/c1-3-12(17,4-2)8-13-14-10-6-5-9(15(18)19)7-11(10)16(20)21/h5-8,14,17H,3-4H2,1-2H3/b13-8+. The maximum atomic E-state index is 10.9. The van der Waals surface area contributed by atoms with E-state index in [0.29, 0.717) is 12.8 Å². The summed E-state index contributed by atoms with van der Waals surface area (Å²) in [6.07, 6.45) is 2.15. The van der Waals surface area contributed by atoms with Crippen LogP contribution in [0.15, 0.2) is 23.3 Å². The molecule has 9 heteroatoms. The third-order valence-electron chi connectivity index (χ3n) is 3.10. The Morgan fingerprint density at radius 3 is 2.38 bits per heavy atom. The number of aliphatic hydroxyl groups is 1. The molecule has 114 valence electrons. The lowest BCUT2D eigenvalue weighted by Gasteiger charge is -2.18. The fraction of sp³-hybridized carbons (Fsp3) is 0.417. The fourth-order valence-electron chi connectivity index (χ4n) is 1.53. The second kappa shape index (κ2) is 6.75. The van der Waals surface area contributed by atoms with Crippen LogP contribution < -0.4 is 5.43 Å². The van der Waals surface area contributed by atoms with E-state index in [2.05, 4.69) is 10.5 Å². The average Bonchev–Trinajstić information content (AvgIpc) is 2.46. The van der Waals surface area contributed by atoms with Gasteiger partial charge in [0.15, 0.2) is 0 Å². The van der Waals surface area contributed by atoms with Crippen molar-refractivity contribution >= 4 is 23.3 Å². The summed E-state index contributed by atoms with van der Waals surface area (Å²) < 4.78 is 0. The first-order chi connectivity index (χ1) is 9.83. The van der Waals surface area contributed by atoms with E-state index in [1.807, 2.05) is 0 Å². The van der Waals surface area contributed by atoms with Crippen LogP contribution in [0.2, 0.25) is 0 Å². The summed E-state index contributed by atoms with van der Waals surface area (Å²) in [4.78, 5) is 20.1. The van der Waals surface area contributed by atoms with Crippen LogP contribution in [0, 0.1) is 20.2 Å². The zero-order valence-electron chi connectivity index (χ0n) is 11.6. The van der Waals surface area contributed by atoms with E-state index < -0.39 is 21.1 Å². The topological polar surface area (TPSA) is 131 Å². The van der Waals surface area contributed by atoms with E-state index in [0.717, 1.165) is 12.1 Å². The summed E-state index contributed by atoms with van der Waals surface area (Å²) in [6.45, 7) is 3.56. The Morgan fingerprint density at radius 2 is 1.90 bits per heavy atom. The van der Waals surface area contributed by atoms with Gasteiger partial charge in [0.25, 0.3) is 5.69 Å². The summed E-state index contributed by atoms with van der Waals surface area (Å²) in [7, 11) is 0. The van der Waals surface area contributed by atoms with Gasteiger partial charge in [-0.3, -0.25) is 25.7 Å². The van der Waals surface area contributed by atoms with Gasteiger partial charge in [-0.25, -0.2) is 0 Å². The van der Waals surface area contributed by atoms with Crippen LogP contribution in [-0.4, -0.2) is 26.8 Å². The van der Waals surface area contributed by atoms with Crippen LogP contribution in [0.3, 0.4) is 0 Å². The lowest BCUT2D eigenvalue weighted by molar-refractivity contribution is -0.393. The van der Waals surface area contributed by atoms with Crippen molar-refractivity contribution in [3.63, 3.8) is 0 Å². The number of hydrogen-bond donors (Lipinski definition) is 2. The zero-order valence-corrected chi connectivity index (χ0v) is 11.6. The lowest BCUT2D eigenvalue weighted by Crippen LogP contribution is -2.28. The maximum Gasteiger partial charge on any atom is 0.301 e. The number of nitro benzene ring substituents is 2. The molecule has 0 bridgehead atoms. The van der Waals surface area contributed by atoms with Crippen molar-refractivity contribution in [1.29, 1.82) is 0 Å². The van der Waals surface area contributed by atoms with Gasteiger partial charge in [0.2, 0.25) is 0 Å². The number of benzene rings is 1. The molecule has 0 radical (unpaired) electrons. The van der Waals surface area contributed by atoms with Crippen molar-refractivity contribution < 1.29 is 15.0 Å². The largest absolute Gasteiger partial charge is 0.384 e. The van der Waals surface area contributed by atoms with Gasteiger partial charge < -0.3 is 5.11 Å². The normalized spacial score (nSPS) is 11.6. The molecule has 0 aliphatic rings. The smallest absolute Gasteiger partial charge is 0.301 e. The van der Waals surface area contributed by atoms with Crippen molar-refractivity contribution in [1.82, 2.24) is 0 Å². The van der Waals surface area contributed by atoms with Crippen molar-refractivity contribution in [3.8, 4) is 0 Å². The zero-order chi connectivity index (χ0) is 16.0. The first-order valence-corrected chi connectivity index (χ1v) is 6.28. The molecule has 0 aliphatic carbocycles. The Hall–Kier alpha value is -2.55.